The van der Waals surface area contributed by atoms with E-state index in [4.69, 9.17) is 0 Å². The van der Waals surface area contributed by atoms with Gasteiger partial charge in [0.2, 0.25) is 0 Å². The normalized spacial score (nSPS) is 15.3. The summed E-state index contributed by atoms with van der Waals surface area (Å²) in [5.74, 6) is 1.11. The predicted octanol–water partition coefficient (Wildman–Crippen LogP) is 4.97. The van der Waals surface area contributed by atoms with Gasteiger partial charge in [-0.25, -0.2) is 9.97 Å². The van der Waals surface area contributed by atoms with Gasteiger partial charge in [-0.2, -0.15) is 0 Å². The highest BCUT2D eigenvalue weighted by Gasteiger charge is 2.19. The molecule has 1 aliphatic rings. The van der Waals surface area contributed by atoms with Crippen molar-refractivity contribution in [3.8, 4) is 11.1 Å². The Morgan fingerprint density at radius 3 is 2.61 bits per heavy atom. The third-order valence-electron chi connectivity index (χ3n) is 4.82. The van der Waals surface area contributed by atoms with E-state index in [1.165, 1.54) is 46.9 Å². The minimum atomic E-state index is 1.09. The summed E-state index contributed by atoms with van der Waals surface area (Å²) < 4.78 is 0. The number of aromatic nitrogens is 2. The van der Waals surface area contributed by atoms with Crippen LogP contribution in [0.25, 0.3) is 21.3 Å². The van der Waals surface area contributed by atoms with Crippen molar-refractivity contribution in [1.29, 1.82) is 0 Å². The number of anilines is 1. The predicted molar refractivity (Wildman–Crippen MR) is 98.4 cm³/mol. The highest BCUT2D eigenvalue weighted by Crippen LogP contribution is 2.38. The van der Waals surface area contributed by atoms with Crippen LogP contribution in [-0.4, -0.2) is 23.1 Å². The van der Waals surface area contributed by atoms with Crippen LogP contribution < -0.4 is 4.90 Å². The topological polar surface area (TPSA) is 29.0 Å². The lowest BCUT2D eigenvalue weighted by Crippen LogP contribution is -2.30. The van der Waals surface area contributed by atoms with Gasteiger partial charge in [0.05, 0.1) is 5.39 Å². The second-order valence-corrected chi connectivity index (χ2v) is 7.23. The van der Waals surface area contributed by atoms with E-state index in [9.17, 15) is 0 Å². The van der Waals surface area contributed by atoms with Crippen molar-refractivity contribution < 1.29 is 0 Å². The maximum atomic E-state index is 4.65. The standard InChI is InChI=1S/C19H21N3S/c1-13-6-7-15(10-14(13)2)16-11-23-19-17(16)18(20-12-21-19)22-8-4-3-5-9-22/h6-7,10-12H,3-5,8-9H2,1-2H3. The number of thiophene rings is 1. The number of fused-ring (bicyclic) bond motifs is 1. The van der Waals surface area contributed by atoms with Crippen molar-refractivity contribution in [2.24, 2.45) is 0 Å². The first-order valence-corrected chi connectivity index (χ1v) is 9.17. The number of rotatable bonds is 2. The first-order chi connectivity index (χ1) is 11.2. The molecule has 4 rings (SSSR count). The van der Waals surface area contributed by atoms with Gasteiger partial charge in [-0.3, -0.25) is 0 Å². The lowest BCUT2D eigenvalue weighted by Gasteiger charge is -2.28. The molecule has 3 nitrogen and oxygen atoms in total. The number of piperidine rings is 1. The van der Waals surface area contributed by atoms with E-state index in [2.05, 4.69) is 52.3 Å². The van der Waals surface area contributed by atoms with Crippen molar-refractivity contribution in [2.45, 2.75) is 33.1 Å². The summed E-state index contributed by atoms with van der Waals surface area (Å²) in [4.78, 5) is 12.7. The summed E-state index contributed by atoms with van der Waals surface area (Å²) in [7, 11) is 0. The molecule has 23 heavy (non-hydrogen) atoms. The summed E-state index contributed by atoms with van der Waals surface area (Å²) in [6, 6.07) is 6.71. The Balaban J connectivity index is 1.88. The highest BCUT2D eigenvalue weighted by molar-refractivity contribution is 7.17. The van der Waals surface area contributed by atoms with Crippen molar-refractivity contribution in [2.75, 3.05) is 18.0 Å². The molecule has 4 heteroatoms. The molecule has 3 heterocycles. The van der Waals surface area contributed by atoms with Crippen LogP contribution in [0, 0.1) is 13.8 Å². The van der Waals surface area contributed by atoms with Crippen LogP contribution in [0.5, 0.6) is 0 Å². The van der Waals surface area contributed by atoms with Gasteiger partial charge in [-0.1, -0.05) is 18.2 Å². The molecule has 0 unspecified atom stereocenters. The lowest BCUT2D eigenvalue weighted by molar-refractivity contribution is 0.574. The van der Waals surface area contributed by atoms with Crippen LogP contribution >= 0.6 is 11.3 Å². The second kappa shape index (κ2) is 5.93. The molecular weight excluding hydrogens is 302 g/mol. The van der Waals surface area contributed by atoms with Gasteiger partial charge in [-0.15, -0.1) is 11.3 Å². The van der Waals surface area contributed by atoms with Gasteiger partial charge in [0.25, 0.3) is 0 Å². The summed E-state index contributed by atoms with van der Waals surface area (Å²) in [5, 5.41) is 3.46. The quantitative estimate of drug-likeness (QED) is 0.667. The van der Waals surface area contributed by atoms with E-state index in [0.29, 0.717) is 0 Å². The fourth-order valence-corrected chi connectivity index (χ4v) is 4.24. The molecule has 0 radical (unpaired) electrons. The molecule has 3 aromatic rings. The molecule has 0 saturated carbocycles. The summed E-state index contributed by atoms with van der Waals surface area (Å²) in [6.45, 7) is 6.55. The van der Waals surface area contributed by atoms with Crippen LogP contribution in [-0.2, 0) is 0 Å². The Bertz CT molecular complexity index is 847. The molecule has 1 aliphatic heterocycles. The third-order valence-corrected chi connectivity index (χ3v) is 5.71. The summed E-state index contributed by atoms with van der Waals surface area (Å²) >= 11 is 1.72. The summed E-state index contributed by atoms with van der Waals surface area (Å²) in [6.07, 6.45) is 5.56. The molecule has 2 aromatic heterocycles. The van der Waals surface area contributed by atoms with E-state index < -0.39 is 0 Å². The average Bonchev–Trinajstić information content (AvgIpc) is 3.02. The van der Waals surface area contributed by atoms with Crippen LogP contribution in [0.2, 0.25) is 0 Å². The van der Waals surface area contributed by atoms with Gasteiger partial charge in [0, 0.05) is 24.0 Å². The van der Waals surface area contributed by atoms with Gasteiger partial charge >= 0.3 is 0 Å². The average molecular weight is 323 g/mol. The number of nitrogens with zero attached hydrogens (tertiary/aromatic N) is 3. The smallest absolute Gasteiger partial charge is 0.141 e. The Hall–Kier alpha value is -1.94. The zero-order valence-corrected chi connectivity index (χ0v) is 14.5. The molecule has 0 spiro atoms. The van der Waals surface area contributed by atoms with Crippen molar-refractivity contribution in [3.05, 3.63) is 41.0 Å². The molecule has 118 valence electrons. The zero-order chi connectivity index (χ0) is 15.8. The number of benzene rings is 1. The minimum Gasteiger partial charge on any atom is -0.356 e. The Kier molecular flexibility index (Phi) is 3.77. The maximum absolute atomic E-state index is 4.65. The van der Waals surface area contributed by atoms with Gasteiger partial charge in [0.15, 0.2) is 0 Å². The highest BCUT2D eigenvalue weighted by atomic mass is 32.1. The van der Waals surface area contributed by atoms with Crippen LogP contribution in [0.4, 0.5) is 5.82 Å². The van der Waals surface area contributed by atoms with E-state index in [-0.39, 0.29) is 0 Å². The number of aryl methyl sites for hydroxylation is 2. The Labute approximate surface area is 141 Å². The van der Waals surface area contributed by atoms with Gasteiger partial charge in [-0.05, 0) is 49.8 Å². The molecule has 0 amide bonds. The first-order valence-electron chi connectivity index (χ1n) is 8.29. The van der Waals surface area contributed by atoms with E-state index in [1.807, 2.05) is 0 Å². The molecular formula is C19H21N3S. The van der Waals surface area contributed by atoms with E-state index in [0.717, 1.165) is 23.7 Å². The van der Waals surface area contributed by atoms with Crippen molar-refractivity contribution in [3.63, 3.8) is 0 Å². The van der Waals surface area contributed by atoms with E-state index >= 15 is 0 Å². The molecule has 0 atom stereocenters. The van der Waals surface area contributed by atoms with Crippen molar-refractivity contribution in [1.82, 2.24) is 9.97 Å². The Morgan fingerprint density at radius 1 is 1.00 bits per heavy atom. The SMILES string of the molecule is Cc1ccc(-c2csc3ncnc(N4CCCCC4)c23)cc1C. The summed E-state index contributed by atoms with van der Waals surface area (Å²) in [5.41, 5.74) is 5.21. The number of hydrogen-bond donors (Lipinski definition) is 0. The fourth-order valence-electron chi connectivity index (χ4n) is 3.33. The minimum absolute atomic E-state index is 1.09. The number of hydrogen-bond acceptors (Lipinski definition) is 4. The molecule has 0 N–H and O–H groups in total. The molecule has 1 fully saturated rings. The Morgan fingerprint density at radius 2 is 1.83 bits per heavy atom. The van der Waals surface area contributed by atoms with Crippen LogP contribution in [0.3, 0.4) is 0 Å². The van der Waals surface area contributed by atoms with Gasteiger partial charge < -0.3 is 4.90 Å². The monoisotopic (exact) mass is 323 g/mol. The molecule has 0 aliphatic carbocycles. The second-order valence-electron chi connectivity index (χ2n) is 6.37. The third kappa shape index (κ3) is 2.61. The van der Waals surface area contributed by atoms with E-state index in [1.54, 1.807) is 17.7 Å². The van der Waals surface area contributed by atoms with Crippen molar-refractivity contribution >= 4 is 27.4 Å². The van der Waals surface area contributed by atoms with Crippen LogP contribution in [0.1, 0.15) is 30.4 Å². The molecule has 0 bridgehead atoms. The van der Waals surface area contributed by atoms with Gasteiger partial charge in [0.1, 0.15) is 17.0 Å². The lowest BCUT2D eigenvalue weighted by atomic mass is 10.0. The maximum Gasteiger partial charge on any atom is 0.141 e. The van der Waals surface area contributed by atoms with Crippen LogP contribution in [0.15, 0.2) is 29.9 Å². The largest absolute Gasteiger partial charge is 0.356 e. The molecule has 1 aromatic carbocycles. The fraction of sp³-hybridized carbons (Fsp3) is 0.368. The zero-order valence-electron chi connectivity index (χ0n) is 13.7. The first kappa shape index (κ1) is 14.6. The molecule has 1 saturated heterocycles.